The van der Waals surface area contributed by atoms with Gasteiger partial charge in [0.1, 0.15) is 0 Å². The molecule has 0 radical (unpaired) electrons. The van der Waals surface area contributed by atoms with E-state index in [4.69, 9.17) is 0 Å². The molecule has 0 bridgehead atoms. The van der Waals surface area contributed by atoms with Gasteiger partial charge in [0.25, 0.3) is 0 Å². The lowest BCUT2D eigenvalue weighted by Gasteiger charge is -2.34. The average Bonchev–Trinajstić information content (AvgIpc) is 2.50. The molecule has 1 fully saturated rings. The van der Waals surface area contributed by atoms with Gasteiger partial charge in [-0.25, -0.2) is 0 Å². The first-order valence-electron chi connectivity index (χ1n) is 7.74. The highest BCUT2D eigenvalue weighted by Gasteiger charge is 2.26. The molecule has 118 valence electrons. The van der Waals surface area contributed by atoms with Crippen LogP contribution in [0.3, 0.4) is 0 Å². The zero-order valence-electron chi connectivity index (χ0n) is 13.6. The Morgan fingerprint density at radius 1 is 1.23 bits per heavy atom. The van der Waals surface area contributed by atoms with Crippen LogP contribution in [0.2, 0.25) is 0 Å². The molecule has 1 saturated heterocycles. The Morgan fingerprint density at radius 2 is 2.00 bits per heavy atom. The summed E-state index contributed by atoms with van der Waals surface area (Å²) >= 11 is 0. The number of hydrogen-bond donors (Lipinski definition) is 0. The smallest absolute Gasteiger partial charge is 0.242 e. The second-order valence-electron chi connectivity index (χ2n) is 5.82. The molecule has 4 nitrogen and oxygen atoms in total. The lowest BCUT2D eigenvalue weighted by atomic mass is 10.1. The van der Waals surface area contributed by atoms with Crippen LogP contribution >= 0.6 is 0 Å². The first-order valence-corrected chi connectivity index (χ1v) is 7.74. The van der Waals surface area contributed by atoms with Crippen molar-refractivity contribution in [2.75, 3.05) is 19.6 Å². The Hall–Kier alpha value is -2.10. The highest BCUT2D eigenvalue weighted by atomic mass is 16.2. The quantitative estimate of drug-likeness (QED) is 0.801. The van der Waals surface area contributed by atoms with Crippen LogP contribution in [-0.2, 0) is 16.1 Å². The van der Waals surface area contributed by atoms with Gasteiger partial charge in [-0.15, -0.1) is 0 Å². The molecule has 0 aliphatic carbocycles. The number of rotatable bonds is 4. The lowest BCUT2D eigenvalue weighted by molar-refractivity contribution is -0.145. The molecular formula is C18H24N2O2. The third-order valence-electron chi connectivity index (χ3n) is 4.14. The SMILES string of the molecule is C/C=C/CC(=O)N1CCN(Cc2ccc(C)c(C)c2)C(=O)C1. The van der Waals surface area contributed by atoms with E-state index in [9.17, 15) is 9.59 Å². The minimum atomic E-state index is 0.0253. The van der Waals surface area contributed by atoms with Crippen molar-refractivity contribution >= 4 is 11.8 Å². The van der Waals surface area contributed by atoms with E-state index in [1.165, 1.54) is 11.1 Å². The summed E-state index contributed by atoms with van der Waals surface area (Å²) in [6.45, 7) is 8.09. The molecule has 0 N–H and O–H groups in total. The molecule has 1 aliphatic heterocycles. The molecule has 1 aliphatic rings. The van der Waals surface area contributed by atoms with E-state index in [0.29, 0.717) is 26.1 Å². The fraction of sp³-hybridized carbons (Fsp3) is 0.444. The summed E-state index contributed by atoms with van der Waals surface area (Å²) in [6, 6.07) is 6.29. The Kier molecular flexibility index (Phi) is 5.36. The molecule has 4 heteroatoms. The lowest BCUT2D eigenvalue weighted by Crippen LogP contribution is -2.51. The summed E-state index contributed by atoms with van der Waals surface area (Å²) in [5.41, 5.74) is 3.64. The standard InChI is InChI=1S/C18H24N2O2/c1-4-5-6-17(21)20-10-9-19(18(22)13-20)12-16-8-7-14(2)15(3)11-16/h4-5,7-8,11H,6,9-10,12-13H2,1-3H3/b5-4+. The van der Waals surface area contributed by atoms with Gasteiger partial charge in [0.05, 0.1) is 6.54 Å². The van der Waals surface area contributed by atoms with Crippen molar-refractivity contribution in [1.82, 2.24) is 9.80 Å². The number of allylic oxidation sites excluding steroid dienone is 1. The van der Waals surface area contributed by atoms with Crippen LogP contribution in [0.1, 0.15) is 30.0 Å². The normalized spacial score (nSPS) is 15.7. The summed E-state index contributed by atoms with van der Waals surface area (Å²) in [4.78, 5) is 27.7. The van der Waals surface area contributed by atoms with E-state index in [2.05, 4.69) is 32.0 Å². The molecule has 0 atom stereocenters. The monoisotopic (exact) mass is 300 g/mol. The van der Waals surface area contributed by atoms with E-state index in [1.807, 2.05) is 24.0 Å². The van der Waals surface area contributed by atoms with Crippen molar-refractivity contribution in [3.63, 3.8) is 0 Å². The van der Waals surface area contributed by atoms with Crippen LogP contribution < -0.4 is 0 Å². The number of carbonyl (C=O) groups is 2. The number of benzene rings is 1. The first kappa shape index (κ1) is 16.3. The molecule has 1 heterocycles. The maximum atomic E-state index is 12.3. The van der Waals surface area contributed by atoms with Crippen molar-refractivity contribution in [2.24, 2.45) is 0 Å². The Balaban J connectivity index is 1.94. The highest BCUT2D eigenvalue weighted by molar-refractivity contribution is 5.86. The summed E-state index contributed by atoms with van der Waals surface area (Å²) in [6.07, 6.45) is 4.06. The van der Waals surface area contributed by atoms with Gasteiger partial charge in [0.2, 0.25) is 11.8 Å². The van der Waals surface area contributed by atoms with Crippen molar-refractivity contribution in [3.05, 3.63) is 47.0 Å². The number of carbonyl (C=O) groups excluding carboxylic acids is 2. The van der Waals surface area contributed by atoms with E-state index in [0.717, 1.165) is 5.56 Å². The van der Waals surface area contributed by atoms with Gasteiger partial charge in [0.15, 0.2) is 0 Å². The van der Waals surface area contributed by atoms with Crippen molar-refractivity contribution in [2.45, 2.75) is 33.7 Å². The molecule has 2 amide bonds. The molecule has 2 rings (SSSR count). The van der Waals surface area contributed by atoms with Crippen LogP contribution in [0.25, 0.3) is 0 Å². The summed E-state index contributed by atoms with van der Waals surface area (Å²) in [5, 5.41) is 0. The third kappa shape index (κ3) is 3.97. The van der Waals surface area contributed by atoms with Gasteiger partial charge in [-0.05, 0) is 37.5 Å². The van der Waals surface area contributed by atoms with Crippen molar-refractivity contribution in [1.29, 1.82) is 0 Å². The van der Waals surface area contributed by atoms with Crippen LogP contribution in [0, 0.1) is 13.8 Å². The second-order valence-corrected chi connectivity index (χ2v) is 5.82. The molecule has 1 aromatic rings. The topological polar surface area (TPSA) is 40.6 Å². The predicted octanol–water partition coefficient (Wildman–Crippen LogP) is 2.44. The van der Waals surface area contributed by atoms with Crippen LogP contribution in [-0.4, -0.2) is 41.2 Å². The van der Waals surface area contributed by atoms with Gasteiger partial charge in [-0.3, -0.25) is 9.59 Å². The second kappa shape index (κ2) is 7.25. The Labute approximate surface area is 132 Å². The maximum absolute atomic E-state index is 12.3. The number of piperazine rings is 1. The fourth-order valence-corrected chi connectivity index (χ4v) is 2.56. The van der Waals surface area contributed by atoms with Crippen LogP contribution in [0.5, 0.6) is 0 Å². The van der Waals surface area contributed by atoms with Crippen molar-refractivity contribution < 1.29 is 9.59 Å². The van der Waals surface area contributed by atoms with E-state index < -0.39 is 0 Å². The predicted molar refractivity (Wildman–Crippen MR) is 87.3 cm³/mol. The van der Waals surface area contributed by atoms with Gasteiger partial charge < -0.3 is 9.80 Å². The zero-order chi connectivity index (χ0) is 16.1. The summed E-state index contributed by atoms with van der Waals surface area (Å²) in [7, 11) is 0. The largest absolute Gasteiger partial charge is 0.335 e. The summed E-state index contributed by atoms with van der Waals surface area (Å²) in [5.74, 6) is 0.0515. The minimum Gasteiger partial charge on any atom is -0.335 e. The first-order chi connectivity index (χ1) is 10.5. The van der Waals surface area contributed by atoms with Crippen LogP contribution in [0.4, 0.5) is 0 Å². The number of amides is 2. The molecule has 1 aromatic carbocycles. The molecule has 22 heavy (non-hydrogen) atoms. The fourth-order valence-electron chi connectivity index (χ4n) is 2.56. The van der Waals surface area contributed by atoms with Crippen molar-refractivity contribution in [3.8, 4) is 0 Å². The average molecular weight is 300 g/mol. The molecular weight excluding hydrogens is 276 g/mol. The number of hydrogen-bond acceptors (Lipinski definition) is 2. The Bertz CT molecular complexity index is 593. The number of aryl methyl sites for hydroxylation is 2. The molecule has 0 spiro atoms. The molecule has 0 unspecified atom stereocenters. The zero-order valence-corrected chi connectivity index (χ0v) is 13.6. The molecule has 0 aromatic heterocycles. The summed E-state index contributed by atoms with van der Waals surface area (Å²) < 4.78 is 0. The van der Waals surface area contributed by atoms with Gasteiger partial charge in [0, 0.05) is 26.1 Å². The van der Waals surface area contributed by atoms with E-state index in [-0.39, 0.29) is 18.4 Å². The third-order valence-corrected chi connectivity index (χ3v) is 4.14. The van der Waals surface area contributed by atoms with Gasteiger partial charge in [-0.1, -0.05) is 30.4 Å². The van der Waals surface area contributed by atoms with Crippen LogP contribution in [0.15, 0.2) is 30.4 Å². The highest BCUT2D eigenvalue weighted by Crippen LogP contribution is 2.14. The molecule has 0 saturated carbocycles. The van der Waals surface area contributed by atoms with E-state index in [1.54, 1.807) is 4.90 Å². The van der Waals surface area contributed by atoms with Gasteiger partial charge >= 0.3 is 0 Å². The van der Waals surface area contributed by atoms with Gasteiger partial charge in [-0.2, -0.15) is 0 Å². The Morgan fingerprint density at radius 3 is 2.64 bits per heavy atom. The number of nitrogens with zero attached hydrogens (tertiary/aromatic N) is 2. The maximum Gasteiger partial charge on any atom is 0.242 e. The minimum absolute atomic E-state index is 0.0253. The van der Waals surface area contributed by atoms with E-state index >= 15 is 0 Å².